The highest BCUT2D eigenvalue weighted by molar-refractivity contribution is 5.87. The third kappa shape index (κ3) is 4.31. The van der Waals surface area contributed by atoms with E-state index < -0.39 is 18.2 Å². The van der Waals surface area contributed by atoms with Crippen LogP contribution in [-0.2, 0) is 14.3 Å². The summed E-state index contributed by atoms with van der Waals surface area (Å²) in [6.07, 6.45) is 4.04. The Balaban J connectivity index is 2.28. The van der Waals surface area contributed by atoms with E-state index in [2.05, 4.69) is 6.58 Å². The molecule has 0 aromatic rings. The van der Waals surface area contributed by atoms with Crippen molar-refractivity contribution in [2.24, 2.45) is 11.3 Å². The number of fused-ring (bicyclic) bond motifs is 2. The summed E-state index contributed by atoms with van der Waals surface area (Å²) in [7, 11) is 0. The van der Waals surface area contributed by atoms with Gasteiger partial charge in [-0.05, 0) is 38.5 Å². The van der Waals surface area contributed by atoms with Gasteiger partial charge in [-0.15, -0.1) is 0 Å². The molecule has 1 aliphatic heterocycles. The Morgan fingerprint density at radius 3 is 2.61 bits per heavy atom. The van der Waals surface area contributed by atoms with Gasteiger partial charge in [0.1, 0.15) is 0 Å². The number of esters is 1. The zero-order valence-electron chi connectivity index (χ0n) is 14.4. The minimum Gasteiger partial charge on any atom is -0.454 e. The van der Waals surface area contributed by atoms with E-state index in [0.717, 1.165) is 30.4 Å². The van der Waals surface area contributed by atoms with Gasteiger partial charge < -0.3 is 9.84 Å². The largest absolute Gasteiger partial charge is 0.454 e. The van der Waals surface area contributed by atoms with Gasteiger partial charge in [0.15, 0.2) is 11.9 Å². The van der Waals surface area contributed by atoms with Crippen molar-refractivity contribution < 1.29 is 19.4 Å². The lowest BCUT2D eigenvalue weighted by Gasteiger charge is -2.43. The summed E-state index contributed by atoms with van der Waals surface area (Å²) in [5, 5.41) is 10.1. The molecule has 0 saturated heterocycles. The van der Waals surface area contributed by atoms with Gasteiger partial charge in [-0.25, -0.2) is 0 Å². The number of carbonyl (C=O) groups is 2. The number of hydrogen-bond acceptors (Lipinski definition) is 4. The predicted octanol–water partition coefficient (Wildman–Crippen LogP) is 3.34. The van der Waals surface area contributed by atoms with Gasteiger partial charge >= 0.3 is 5.97 Å². The van der Waals surface area contributed by atoms with Crippen LogP contribution in [0, 0.1) is 11.3 Å². The molecule has 1 N–H and O–H groups in total. The Hall–Kier alpha value is -1.42. The molecule has 1 saturated carbocycles. The summed E-state index contributed by atoms with van der Waals surface area (Å²) < 4.78 is 5.56. The molecule has 2 bridgehead atoms. The van der Waals surface area contributed by atoms with Crippen LogP contribution in [0.4, 0.5) is 0 Å². The van der Waals surface area contributed by atoms with E-state index in [1.54, 1.807) is 13.0 Å². The Morgan fingerprint density at radius 2 is 1.91 bits per heavy atom. The average molecular weight is 320 g/mol. The number of carbonyl (C=O) groups excluding carboxylic acids is 2. The van der Waals surface area contributed by atoms with Crippen LogP contribution in [0.15, 0.2) is 23.8 Å². The van der Waals surface area contributed by atoms with Crippen LogP contribution >= 0.6 is 0 Å². The van der Waals surface area contributed by atoms with Crippen molar-refractivity contribution in [1.29, 1.82) is 0 Å². The molecule has 3 atom stereocenters. The van der Waals surface area contributed by atoms with Crippen LogP contribution in [0.25, 0.3) is 0 Å². The van der Waals surface area contributed by atoms with E-state index in [1.165, 1.54) is 0 Å². The molecular weight excluding hydrogens is 292 g/mol. The molecular formula is C19H28O4. The van der Waals surface area contributed by atoms with Crippen LogP contribution in [0.5, 0.6) is 0 Å². The zero-order chi connectivity index (χ0) is 17.2. The predicted molar refractivity (Wildman–Crippen MR) is 88.8 cm³/mol. The van der Waals surface area contributed by atoms with E-state index in [-0.39, 0.29) is 17.6 Å². The highest BCUT2D eigenvalue weighted by Gasteiger charge is 2.47. The number of Topliss-reactive ketones (excluding diaryl/α,β-unsaturated/α-hetero) is 1. The molecule has 3 unspecified atom stereocenters. The van der Waals surface area contributed by atoms with Gasteiger partial charge in [0.2, 0.25) is 0 Å². The van der Waals surface area contributed by atoms with Crippen molar-refractivity contribution in [2.75, 3.05) is 0 Å². The minimum absolute atomic E-state index is 0.0231. The van der Waals surface area contributed by atoms with Gasteiger partial charge in [-0.3, -0.25) is 9.59 Å². The number of hydrogen-bond donors (Lipinski definition) is 1. The topological polar surface area (TPSA) is 63.6 Å². The number of ketones is 1. The first-order valence-electron chi connectivity index (χ1n) is 8.44. The molecule has 4 nitrogen and oxygen atoms in total. The fourth-order valence-corrected chi connectivity index (χ4v) is 3.81. The molecule has 0 aromatic heterocycles. The van der Waals surface area contributed by atoms with E-state index in [4.69, 9.17) is 4.74 Å². The Labute approximate surface area is 138 Å². The van der Waals surface area contributed by atoms with Crippen molar-refractivity contribution in [2.45, 2.75) is 71.5 Å². The highest BCUT2D eigenvalue weighted by Crippen LogP contribution is 2.44. The van der Waals surface area contributed by atoms with Crippen molar-refractivity contribution in [1.82, 2.24) is 0 Å². The summed E-state index contributed by atoms with van der Waals surface area (Å²) >= 11 is 0. The SMILES string of the molecule is C=C1CCC2CCC(=O)C(OC(=O)CC(C)=CC(O)C1)C2(C)C. The first-order valence-corrected chi connectivity index (χ1v) is 8.44. The van der Waals surface area contributed by atoms with Crippen LogP contribution in [0.1, 0.15) is 59.3 Å². The van der Waals surface area contributed by atoms with Gasteiger partial charge in [0.05, 0.1) is 12.5 Å². The summed E-state index contributed by atoms with van der Waals surface area (Å²) in [5.74, 6) is -0.0623. The monoisotopic (exact) mass is 320 g/mol. The molecule has 1 aliphatic carbocycles. The van der Waals surface area contributed by atoms with Gasteiger partial charge in [-0.2, -0.15) is 0 Å². The second kappa shape index (κ2) is 7.00. The van der Waals surface area contributed by atoms with Crippen molar-refractivity contribution in [3.8, 4) is 0 Å². The molecule has 4 heteroatoms. The Bertz CT molecular complexity index is 529. The minimum atomic E-state index is -0.666. The molecule has 1 fully saturated rings. The maximum atomic E-state index is 12.3. The Morgan fingerprint density at radius 1 is 1.26 bits per heavy atom. The number of rotatable bonds is 0. The second-order valence-electron chi connectivity index (χ2n) is 7.64. The van der Waals surface area contributed by atoms with Crippen molar-refractivity contribution in [3.05, 3.63) is 23.8 Å². The maximum absolute atomic E-state index is 12.3. The molecule has 0 spiro atoms. The van der Waals surface area contributed by atoms with E-state index >= 15 is 0 Å². The molecule has 2 aliphatic rings. The fraction of sp³-hybridized carbons (Fsp3) is 0.684. The summed E-state index contributed by atoms with van der Waals surface area (Å²) in [5.41, 5.74) is 1.40. The smallest absolute Gasteiger partial charge is 0.310 e. The molecule has 0 radical (unpaired) electrons. The molecule has 23 heavy (non-hydrogen) atoms. The summed E-state index contributed by atoms with van der Waals surface area (Å²) in [6, 6.07) is 0. The van der Waals surface area contributed by atoms with Gasteiger partial charge in [-0.1, -0.05) is 37.6 Å². The Kier molecular flexibility index (Phi) is 5.45. The fourth-order valence-electron chi connectivity index (χ4n) is 3.81. The molecule has 128 valence electrons. The second-order valence-corrected chi connectivity index (χ2v) is 7.64. The number of aliphatic hydroxyl groups excluding tert-OH is 1. The van der Waals surface area contributed by atoms with E-state index in [9.17, 15) is 14.7 Å². The lowest BCUT2D eigenvalue weighted by atomic mass is 9.64. The van der Waals surface area contributed by atoms with Crippen LogP contribution in [0.2, 0.25) is 0 Å². The van der Waals surface area contributed by atoms with Crippen LogP contribution in [-0.4, -0.2) is 29.1 Å². The molecule has 0 aromatic carbocycles. The van der Waals surface area contributed by atoms with Gasteiger partial charge in [0.25, 0.3) is 0 Å². The standard InChI is InChI=1S/C19H28O4/c1-12-5-6-14-7-8-16(21)18(19(14,3)4)23-17(22)11-13(2)10-15(20)9-12/h10,14-15,18,20H,1,5-9,11H2,2-4H3. The summed E-state index contributed by atoms with van der Waals surface area (Å²) in [4.78, 5) is 24.5. The lowest BCUT2D eigenvalue weighted by Crippen LogP contribution is -2.48. The summed E-state index contributed by atoms with van der Waals surface area (Å²) in [6.45, 7) is 9.91. The third-order valence-electron chi connectivity index (χ3n) is 5.25. The van der Waals surface area contributed by atoms with E-state index in [0.29, 0.717) is 18.8 Å². The molecule has 1 heterocycles. The quantitative estimate of drug-likeness (QED) is 0.549. The first-order chi connectivity index (χ1) is 10.7. The number of ether oxygens (including phenoxy) is 1. The van der Waals surface area contributed by atoms with Crippen molar-refractivity contribution >= 4 is 11.8 Å². The van der Waals surface area contributed by atoms with Crippen molar-refractivity contribution in [3.63, 3.8) is 0 Å². The normalized spacial score (nSPS) is 33.0. The average Bonchev–Trinajstić information content (AvgIpc) is 2.41. The molecule has 2 rings (SSSR count). The van der Waals surface area contributed by atoms with Crippen LogP contribution in [0.3, 0.4) is 0 Å². The first kappa shape index (κ1) is 17.9. The van der Waals surface area contributed by atoms with Crippen LogP contribution < -0.4 is 0 Å². The third-order valence-corrected chi connectivity index (χ3v) is 5.25. The van der Waals surface area contributed by atoms with Gasteiger partial charge in [0, 0.05) is 11.8 Å². The highest BCUT2D eigenvalue weighted by atomic mass is 16.5. The maximum Gasteiger partial charge on any atom is 0.310 e. The van der Waals surface area contributed by atoms with E-state index in [1.807, 2.05) is 13.8 Å². The number of aliphatic hydroxyl groups is 1. The zero-order valence-corrected chi connectivity index (χ0v) is 14.4. The lowest BCUT2D eigenvalue weighted by molar-refractivity contribution is -0.168. The molecule has 0 amide bonds.